The fourth-order valence-corrected chi connectivity index (χ4v) is 1.86. The zero-order valence-corrected chi connectivity index (χ0v) is 11.2. The van der Waals surface area contributed by atoms with Gasteiger partial charge in [0.1, 0.15) is 0 Å². The molecule has 0 radical (unpaired) electrons. The lowest BCUT2D eigenvalue weighted by Crippen LogP contribution is -2.47. The number of nitrogens with one attached hydrogen (secondary N) is 2. The van der Waals surface area contributed by atoms with E-state index in [2.05, 4.69) is 10.6 Å². The largest absolute Gasteiger partial charge is 0.481 e. The highest BCUT2D eigenvalue weighted by Crippen LogP contribution is 2.21. The Morgan fingerprint density at radius 1 is 1.44 bits per heavy atom. The molecule has 3 atom stereocenters. The van der Waals surface area contributed by atoms with E-state index in [-0.39, 0.29) is 24.4 Å². The second-order valence-corrected chi connectivity index (χ2v) is 4.98. The van der Waals surface area contributed by atoms with Crippen LogP contribution in [0, 0.1) is 11.3 Å². The fraction of sp³-hybridized carbons (Fsp3) is 0.833. The summed E-state index contributed by atoms with van der Waals surface area (Å²) in [6.45, 7) is 4.47. The van der Waals surface area contributed by atoms with Crippen LogP contribution in [0.15, 0.2) is 0 Å². The first kappa shape index (κ1) is 14.9. The van der Waals surface area contributed by atoms with Crippen LogP contribution in [0.5, 0.6) is 0 Å². The van der Waals surface area contributed by atoms with E-state index in [9.17, 15) is 9.59 Å². The van der Waals surface area contributed by atoms with Gasteiger partial charge in [-0.2, -0.15) is 0 Å². The summed E-state index contributed by atoms with van der Waals surface area (Å²) in [7, 11) is 1.78. The number of hydrogen-bond acceptors (Lipinski definition) is 4. The lowest BCUT2D eigenvalue weighted by Gasteiger charge is -2.25. The van der Waals surface area contributed by atoms with Gasteiger partial charge >= 0.3 is 5.97 Å². The molecule has 0 spiro atoms. The second kappa shape index (κ2) is 6.15. The molecule has 6 heteroatoms. The van der Waals surface area contributed by atoms with Gasteiger partial charge in [0, 0.05) is 12.6 Å². The van der Waals surface area contributed by atoms with Gasteiger partial charge in [-0.15, -0.1) is 0 Å². The molecule has 104 valence electrons. The van der Waals surface area contributed by atoms with Crippen LogP contribution in [0.25, 0.3) is 0 Å². The van der Waals surface area contributed by atoms with Crippen molar-refractivity contribution >= 4 is 11.9 Å². The molecule has 18 heavy (non-hydrogen) atoms. The zero-order valence-electron chi connectivity index (χ0n) is 11.2. The summed E-state index contributed by atoms with van der Waals surface area (Å²) in [5, 5.41) is 14.9. The maximum atomic E-state index is 12.0. The van der Waals surface area contributed by atoms with Crippen molar-refractivity contribution in [2.75, 3.05) is 26.8 Å². The van der Waals surface area contributed by atoms with Crippen LogP contribution in [-0.2, 0) is 14.3 Å². The second-order valence-electron chi connectivity index (χ2n) is 4.98. The molecule has 0 aromatic carbocycles. The highest BCUT2D eigenvalue weighted by Gasteiger charge is 2.36. The Bertz CT molecular complexity index is 321. The number of likely N-dealkylation sites (N-methyl/N-ethyl adjacent to an activating group) is 1. The number of hydrogen-bond donors (Lipinski definition) is 3. The molecule has 1 heterocycles. The van der Waals surface area contributed by atoms with Crippen molar-refractivity contribution in [2.45, 2.75) is 26.3 Å². The number of amides is 1. The molecule has 1 saturated heterocycles. The van der Waals surface area contributed by atoms with E-state index >= 15 is 0 Å². The summed E-state index contributed by atoms with van der Waals surface area (Å²) in [4.78, 5) is 23.1. The third kappa shape index (κ3) is 3.20. The molecule has 1 aliphatic heterocycles. The van der Waals surface area contributed by atoms with Crippen LogP contribution in [0.3, 0.4) is 0 Å². The number of ether oxygens (including phenoxy) is 1. The molecular weight excluding hydrogens is 236 g/mol. The van der Waals surface area contributed by atoms with E-state index in [1.54, 1.807) is 20.9 Å². The van der Waals surface area contributed by atoms with Crippen LogP contribution in [0.4, 0.5) is 0 Å². The lowest BCUT2D eigenvalue weighted by molar-refractivity contribution is -0.148. The third-order valence-corrected chi connectivity index (χ3v) is 3.74. The molecule has 6 nitrogen and oxygen atoms in total. The first-order chi connectivity index (χ1) is 8.44. The smallest absolute Gasteiger partial charge is 0.311 e. The SMILES string of the molecule is CCC(C)(CNC(=O)C1COCC1NC)C(=O)O. The fourth-order valence-electron chi connectivity index (χ4n) is 1.86. The summed E-state index contributed by atoms with van der Waals surface area (Å²) in [6, 6.07) is 0.00251. The number of carboxylic acid groups (broad SMARTS) is 1. The number of rotatable bonds is 6. The normalized spacial score (nSPS) is 26.6. The summed E-state index contributed by atoms with van der Waals surface area (Å²) in [5.74, 6) is -1.28. The van der Waals surface area contributed by atoms with E-state index in [1.165, 1.54) is 0 Å². The molecule has 0 bridgehead atoms. The molecule has 3 N–H and O–H groups in total. The van der Waals surface area contributed by atoms with Crippen molar-refractivity contribution < 1.29 is 19.4 Å². The van der Waals surface area contributed by atoms with E-state index in [4.69, 9.17) is 9.84 Å². The summed E-state index contributed by atoms with van der Waals surface area (Å²) in [5.41, 5.74) is -0.912. The zero-order chi connectivity index (χ0) is 13.8. The van der Waals surface area contributed by atoms with E-state index < -0.39 is 11.4 Å². The average molecular weight is 258 g/mol. The predicted molar refractivity (Wildman–Crippen MR) is 66.2 cm³/mol. The minimum absolute atomic E-state index is 0.00251. The molecule has 0 aromatic heterocycles. The molecule has 3 unspecified atom stereocenters. The van der Waals surface area contributed by atoms with E-state index in [0.29, 0.717) is 19.6 Å². The minimum Gasteiger partial charge on any atom is -0.481 e. The maximum absolute atomic E-state index is 12.0. The van der Waals surface area contributed by atoms with Gasteiger partial charge in [0.2, 0.25) is 5.91 Å². The quantitative estimate of drug-likeness (QED) is 0.616. The highest BCUT2D eigenvalue weighted by atomic mass is 16.5. The number of carboxylic acids is 1. The minimum atomic E-state index is -0.912. The molecule has 1 amide bonds. The Labute approximate surface area is 107 Å². The lowest BCUT2D eigenvalue weighted by atomic mass is 9.87. The molecule has 1 fully saturated rings. The van der Waals surface area contributed by atoms with Crippen molar-refractivity contribution in [3.8, 4) is 0 Å². The molecule has 1 rings (SSSR count). The van der Waals surface area contributed by atoms with Crippen LogP contribution in [-0.4, -0.2) is 49.8 Å². The first-order valence-corrected chi connectivity index (χ1v) is 6.20. The van der Waals surface area contributed by atoms with E-state index in [0.717, 1.165) is 0 Å². The monoisotopic (exact) mass is 258 g/mol. The van der Waals surface area contributed by atoms with Gasteiger partial charge in [-0.1, -0.05) is 6.92 Å². The Morgan fingerprint density at radius 3 is 2.61 bits per heavy atom. The standard InChI is InChI=1S/C12H22N2O4/c1-4-12(2,11(16)17)7-14-10(15)8-5-18-6-9(8)13-3/h8-9,13H,4-7H2,1-3H3,(H,14,15)(H,16,17). The van der Waals surface area contributed by atoms with Crippen molar-refractivity contribution in [1.82, 2.24) is 10.6 Å². The van der Waals surface area contributed by atoms with Crippen molar-refractivity contribution in [2.24, 2.45) is 11.3 Å². The Kier molecular flexibility index (Phi) is 5.10. The molecular formula is C12H22N2O4. The Balaban J connectivity index is 2.53. The first-order valence-electron chi connectivity index (χ1n) is 6.20. The molecule has 0 saturated carbocycles. The van der Waals surface area contributed by atoms with Crippen molar-refractivity contribution in [3.05, 3.63) is 0 Å². The Hall–Kier alpha value is -1.14. The van der Waals surface area contributed by atoms with Gasteiger partial charge in [-0.3, -0.25) is 9.59 Å². The van der Waals surface area contributed by atoms with Crippen LogP contribution >= 0.6 is 0 Å². The van der Waals surface area contributed by atoms with Gasteiger partial charge in [0.05, 0.1) is 24.5 Å². The third-order valence-electron chi connectivity index (χ3n) is 3.74. The Morgan fingerprint density at radius 2 is 2.11 bits per heavy atom. The van der Waals surface area contributed by atoms with E-state index in [1.807, 2.05) is 0 Å². The van der Waals surface area contributed by atoms with Gasteiger partial charge < -0.3 is 20.5 Å². The topological polar surface area (TPSA) is 87.7 Å². The highest BCUT2D eigenvalue weighted by molar-refractivity contribution is 5.81. The average Bonchev–Trinajstić information content (AvgIpc) is 2.83. The number of carbonyl (C=O) groups is 2. The molecule has 1 aliphatic rings. The van der Waals surface area contributed by atoms with Gasteiger partial charge in [-0.05, 0) is 20.4 Å². The summed E-state index contributed by atoms with van der Waals surface area (Å²) >= 11 is 0. The van der Waals surface area contributed by atoms with Crippen LogP contribution < -0.4 is 10.6 Å². The van der Waals surface area contributed by atoms with Crippen molar-refractivity contribution in [1.29, 1.82) is 0 Å². The number of aliphatic carboxylic acids is 1. The molecule has 0 aromatic rings. The van der Waals surface area contributed by atoms with Gasteiger partial charge in [-0.25, -0.2) is 0 Å². The summed E-state index contributed by atoms with van der Waals surface area (Å²) < 4.78 is 5.25. The van der Waals surface area contributed by atoms with Crippen LogP contribution in [0.2, 0.25) is 0 Å². The maximum Gasteiger partial charge on any atom is 0.311 e. The van der Waals surface area contributed by atoms with Crippen LogP contribution in [0.1, 0.15) is 20.3 Å². The van der Waals surface area contributed by atoms with Crippen molar-refractivity contribution in [3.63, 3.8) is 0 Å². The molecule has 0 aliphatic carbocycles. The predicted octanol–water partition coefficient (Wildman–Crippen LogP) is -0.162. The van der Waals surface area contributed by atoms with Gasteiger partial charge in [0.25, 0.3) is 0 Å². The summed E-state index contributed by atoms with van der Waals surface area (Å²) in [6.07, 6.45) is 0.471. The van der Waals surface area contributed by atoms with Gasteiger partial charge in [0.15, 0.2) is 0 Å². The number of carbonyl (C=O) groups excluding carboxylic acids is 1.